The minimum Gasteiger partial charge on any atom is -0.493 e. The van der Waals surface area contributed by atoms with Gasteiger partial charge in [0.1, 0.15) is 12.2 Å². The number of benzene rings is 2. The lowest BCUT2D eigenvalue weighted by molar-refractivity contribution is -0.128. The molecule has 1 aliphatic heterocycles. The Balaban J connectivity index is 1.89. The first-order chi connectivity index (χ1) is 14.2. The third-order valence-electron chi connectivity index (χ3n) is 4.25. The average Bonchev–Trinajstić information content (AvgIpc) is 2.69. The summed E-state index contributed by atoms with van der Waals surface area (Å²) in [5, 5.41) is 3.71. The summed E-state index contributed by atoms with van der Waals surface area (Å²) in [6.45, 7) is 0.135. The first-order valence-electron chi connectivity index (χ1n) is 8.50. The second-order valence-electron chi connectivity index (χ2n) is 6.24. The molecule has 0 spiro atoms. The zero-order valence-electron chi connectivity index (χ0n) is 15.8. The van der Waals surface area contributed by atoms with Crippen molar-refractivity contribution in [1.29, 1.82) is 0 Å². The number of hydrogen-bond acceptors (Lipinski definition) is 5. The summed E-state index contributed by atoms with van der Waals surface area (Å²) in [5.41, 5.74) is 1.12. The highest BCUT2D eigenvalue weighted by Gasteiger charge is 2.30. The van der Waals surface area contributed by atoms with Crippen LogP contribution in [0.25, 0.3) is 6.08 Å². The number of carbonyl (C=O) groups is 2. The van der Waals surface area contributed by atoms with E-state index in [-0.39, 0.29) is 22.3 Å². The third kappa shape index (κ3) is 4.70. The van der Waals surface area contributed by atoms with Crippen LogP contribution in [0.5, 0.6) is 11.5 Å². The Morgan fingerprint density at radius 2 is 1.87 bits per heavy atom. The van der Waals surface area contributed by atoms with E-state index in [9.17, 15) is 9.59 Å². The second kappa shape index (κ2) is 9.22. The van der Waals surface area contributed by atoms with Crippen LogP contribution in [-0.4, -0.2) is 36.0 Å². The molecule has 1 saturated heterocycles. The fraction of sp³-hybridized carbons (Fsp3) is 0.150. The number of ether oxygens (including phenoxy) is 2. The number of amides is 2. The maximum atomic E-state index is 12.4. The molecule has 1 aliphatic rings. The molecule has 3 rings (SSSR count). The monoisotopic (exact) mass is 484 g/mol. The molecule has 2 amide bonds. The van der Waals surface area contributed by atoms with Crippen molar-refractivity contribution in [3.63, 3.8) is 0 Å². The fourth-order valence-electron chi connectivity index (χ4n) is 2.66. The molecule has 30 heavy (non-hydrogen) atoms. The normalized spacial score (nSPS) is 15.4. The summed E-state index contributed by atoms with van der Waals surface area (Å²) in [6, 6.07) is 8.23. The predicted molar refractivity (Wildman–Crippen MR) is 120 cm³/mol. The molecule has 1 fully saturated rings. The molecule has 1 heterocycles. The lowest BCUT2D eigenvalue weighted by Crippen LogP contribution is -2.52. The number of hydrogen-bond donors (Lipinski definition) is 1. The molecule has 0 aromatic heterocycles. The number of nitrogens with zero attached hydrogens (tertiary/aromatic N) is 1. The van der Waals surface area contributed by atoms with Crippen LogP contribution in [0.1, 0.15) is 11.1 Å². The van der Waals surface area contributed by atoms with Crippen molar-refractivity contribution in [3.8, 4) is 11.5 Å². The van der Waals surface area contributed by atoms with Gasteiger partial charge in [0.2, 0.25) is 0 Å². The van der Waals surface area contributed by atoms with Crippen LogP contribution in [0.2, 0.25) is 15.1 Å². The zero-order chi connectivity index (χ0) is 22.0. The average molecular weight is 486 g/mol. The van der Waals surface area contributed by atoms with Gasteiger partial charge in [0.05, 0.1) is 12.1 Å². The lowest BCUT2D eigenvalue weighted by atomic mass is 10.1. The minimum absolute atomic E-state index is 0.0439. The number of thiocarbonyl (C=S) groups is 1. The summed E-state index contributed by atoms with van der Waals surface area (Å²) in [5.74, 6) is -0.482. The maximum Gasteiger partial charge on any atom is 0.265 e. The number of likely N-dealkylation sites (N-methyl/N-ethyl adjacent to an activating group) is 1. The van der Waals surface area contributed by atoms with Crippen LogP contribution in [0.4, 0.5) is 0 Å². The van der Waals surface area contributed by atoms with E-state index in [0.29, 0.717) is 32.7 Å². The summed E-state index contributed by atoms with van der Waals surface area (Å²) >= 11 is 23.4. The summed E-state index contributed by atoms with van der Waals surface area (Å²) in [6.07, 6.45) is 1.41. The van der Waals surface area contributed by atoms with Gasteiger partial charge in [-0.3, -0.25) is 19.8 Å². The van der Waals surface area contributed by atoms with E-state index in [2.05, 4.69) is 5.32 Å². The number of nitrogens with one attached hydrogen (secondary N) is 1. The van der Waals surface area contributed by atoms with Crippen LogP contribution < -0.4 is 14.8 Å². The third-order valence-corrected chi connectivity index (χ3v) is 5.50. The first-order valence-corrected chi connectivity index (χ1v) is 10.0. The van der Waals surface area contributed by atoms with Gasteiger partial charge in [-0.25, -0.2) is 0 Å². The summed E-state index contributed by atoms with van der Waals surface area (Å²) in [7, 11) is 2.93. The Kier molecular flexibility index (Phi) is 6.88. The van der Waals surface area contributed by atoms with E-state index in [1.54, 1.807) is 30.3 Å². The van der Waals surface area contributed by atoms with Crippen LogP contribution in [0.15, 0.2) is 35.9 Å². The Hall–Kier alpha value is -2.32. The van der Waals surface area contributed by atoms with E-state index in [1.807, 2.05) is 0 Å². The van der Waals surface area contributed by atoms with Crippen molar-refractivity contribution >= 4 is 70.0 Å². The van der Waals surface area contributed by atoms with E-state index in [4.69, 9.17) is 56.5 Å². The molecular weight excluding hydrogens is 471 g/mol. The highest BCUT2D eigenvalue weighted by Crippen LogP contribution is 2.38. The van der Waals surface area contributed by atoms with E-state index < -0.39 is 11.8 Å². The molecule has 0 saturated carbocycles. The summed E-state index contributed by atoms with van der Waals surface area (Å²) < 4.78 is 11.2. The molecule has 0 unspecified atom stereocenters. The number of carbonyl (C=O) groups excluding carboxylic acids is 2. The van der Waals surface area contributed by atoms with Crippen LogP contribution in [0.3, 0.4) is 0 Å². The smallest absolute Gasteiger partial charge is 0.265 e. The molecule has 10 heteroatoms. The SMILES string of the molecule is COc1cc(/C=C2/C(=O)NC(=S)N(C)C2=O)cc(Cl)c1OCc1ccc(Cl)cc1Cl. The summed E-state index contributed by atoms with van der Waals surface area (Å²) in [4.78, 5) is 25.7. The van der Waals surface area contributed by atoms with Gasteiger partial charge in [-0.1, -0.05) is 40.9 Å². The van der Waals surface area contributed by atoms with Crippen LogP contribution >= 0.6 is 47.0 Å². The first kappa shape index (κ1) is 22.4. The van der Waals surface area contributed by atoms with Crippen LogP contribution in [-0.2, 0) is 16.2 Å². The van der Waals surface area contributed by atoms with E-state index in [0.717, 1.165) is 0 Å². The topological polar surface area (TPSA) is 67.9 Å². The predicted octanol–water partition coefficient (Wildman–Crippen LogP) is 4.49. The highest BCUT2D eigenvalue weighted by molar-refractivity contribution is 7.80. The highest BCUT2D eigenvalue weighted by atomic mass is 35.5. The van der Waals surface area contributed by atoms with Crippen molar-refractivity contribution < 1.29 is 19.1 Å². The maximum absolute atomic E-state index is 12.4. The quantitative estimate of drug-likeness (QED) is 0.384. The molecule has 0 radical (unpaired) electrons. The zero-order valence-corrected chi connectivity index (χ0v) is 18.9. The molecular formula is C20H15Cl3N2O4S. The van der Waals surface area contributed by atoms with Crippen molar-refractivity contribution in [3.05, 3.63) is 62.1 Å². The van der Waals surface area contributed by atoms with Gasteiger partial charge >= 0.3 is 0 Å². The van der Waals surface area contributed by atoms with Gasteiger partial charge in [0.15, 0.2) is 16.6 Å². The molecule has 0 aliphatic carbocycles. The largest absolute Gasteiger partial charge is 0.493 e. The van der Waals surface area contributed by atoms with Gasteiger partial charge in [0.25, 0.3) is 11.8 Å². The molecule has 1 N–H and O–H groups in total. The minimum atomic E-state index is -0.587. The molecule has 156 valence electrons. The molecule has 6 nitrogen and oxygen atoms in total. The molecule has 0 bridgehead atoms. The molecule has 2 aromatic rings. The fourth-order valence-corrected chi connectivity index (χ4v) is 3.58. The molecule has 2 aromatic carbocycles. The van der Waals surface area contributed by atoms with Gasteiger partial charge in [-0.15, -0.1) is 0 Å². The van der Waals surface area contributed by atoms with Crippen LogP contribution in [0, 0.1) is 0 Å². The van der Waals surface area contributed by atoms with Gasteiger partial charge < -0.3 is 9.47 Å². The van der Waals surface area contributed by atoms with E-state index >= 15 is 0 Å². The van der Waals surface area contributed by atoms with Crippen molar-refractivity contribution in [2.75, 3.05) is 14.2 Å². The Morgan fingerprint density at radius 3 is 2.53 bits per heavy atom. The lowest BCUT2D eigenvalue weighted by Gasteiger charge is -2.25. The second-order valence-corrected chi connectivity index (χ2v) is 7.88. The van der Waals surface area contributed by atoms with Gasteiger partial charge in [-0.05, 0) is 48.1 Å². The van der Waals surface area contributed by atoms with Crippen molar-refractivity contribution in [2.45, 2.75) is 6.61 Å². The van der Waals surface area contributed by atoms with Gasteiger partial charge in [-0.2, -0.15) is 0 Å². The Morgan fingerprint density at radius 1 is 1.13 bits per heavy atom. The standard InChI is InChI=1S/C20H15Cl3N2O4S/c1-25-19(27)13(18(26)24-20(25)30)5-10-6-15(23)17(16(7-10)28-2)29-9-11-3-4-12(21)8-14(11)22/h3-8H,9H2,1-2H3,(H,24,26,30)/b13-5-. The van der Waals surface area contributed by atoms with Crippen molar-refractivity contribution in [2.24, 2.45) is 0 Å². The van der Waals surface area contributed by atoms with E-state index in [1.165, 1.54) is 25.1 Å². The van der Waals surface area contributed by atoms with Gasteiger partial charge in [0, 0.05) is 22.7 Å². The number of methoxy groups -OCH3 is 1. The van der Waals surface area contributed by atoms with Crippen molar-refractivity contribution in [1.82, 2.24) is 10.2 Å². The Labute approximate surface area is 193 Å². The number of halogens is 3. The Bertz CT molecular complexity index is 1090. The number of rotatable bonds is 5. The molecule has 0 atom stereocenters.